The lowest BCUT2D eigenvalue weighted by Crippen LogP contribution is -2.54. The zero-order chi connectivity index (χ0) is 61.7. The number of para-hydroxylation sites is 2. The fraction of sp³-hybridized carbons (Fsp3) is 0.600. The molecule has 0 saturated carbocycles. The van der Waals surface area contributed by atoms with Crippen LogP contribution < -0.4 is 38.5 Å². The number of hydrogen-bond donors (Lipinski definition) is 7. The van der Waals surface area contributed by atoms with Crippen molar-refractivity contribution in [1.29, 1.82) is 0 Å². The van der Waals surface area contributed by atoms with Crippen molar-refractivity contribution in [2.75, 3.05) is 106 Å². The van der Waals surface area contributed by atoms with Crippen molar-refractivity contribution in [3.63, 3.8) is 0 Å². The molecule has 2 aromatic heterocycles. The van der Waals surface area contributed by atoms with Crippen LogP contribution in [-0.2, 0) is 60.7 Å². The molecule has 5 amide bonds. The highest BCUT2D eigenvalue weighted by atomic mass is 16.5. The number of nitrogens with zero attached hydrogens (tertiary/aromatic N) is 4. The van der Waals surface area contributed by atoms with Crippen molar-refractivity contribution < 1.29 is 57.2 Å². The lowest BCUT2D eigenvalue weighted by molar-refractivity contribution is -0.125. The van der Waals surface area contributed by atoms with Crippen LogP contribution in [-0.4, -0.2) is 174 Å². The van der Waals surface area contributed by atoms with Gasteiger partial charge >= 0.3 is 0 Å². The first kappa shape index (κ1) is 74.6. The molecule has 23 heteroatoms. The standard InChI is InChI=1S/C32H50N6O7.C14H31NO3.C13H15N3O.CH3NO/c1-5-6-9-16-38-26-11-8-7-10-25(26)28(37-38)30(41)36-29(32(2,3)4)31(42)35-15-18-44-20-22-45-21-19-43-17-14-34-27(40)13-12-24(33)23-39;1-14(2,3)6-5-8-16-10-12-18-13-11-17-9-7-15-4;1-2-3-6-9-16-11-8-5-4-7-10(11)12(15-16)13(14)17;2-1-3/h5,7-8,10-11,23-24,29H,1,6,9,12-22,33H2,2-4H3,(H,34,40)(H,35,42)(H,36,41);15H,5-13H2,1-4H3;2,4-5,7-8H,1,3,6,9H2,(H2,14,17);1H,(H2,2,3). The van der Waals surface area contributed by atoms with Gasteiger partial charge in [0.2, 0.25) is 18.2 Å². The highest BCUT2D eigenvalue weighted by molar-refractivity contribution is 6.06. The zero-order valence-corrected chi connectivity index (χ0v) is 50.6. The SMILES string of the molecule is C=CCCCn1nc(C(=O)NC(C(=O)NCCOCCOCCOCCNC(=O)CCC(N)C=O)C(C)(C)C)c2ccccc21.C=CCCCn1nc(C(N)=O)c2ccccc21.CNCCOCCOCCOCCCC(C)(C)C.NC=O. The third-order valence-corrected chi connectivity index (χ3v) is 11.9. The predicted molar refractivity (Wildman–Crippen MR) is 325 cm³/mol. The molecule has 2 heterocycles. The quantitative estimate of drug-likeness (QED) is 0.0175. The Labute approximate surface area is 491 Å². The molecule has 0 aliphatic rings. The molecule has 2 aromatic carbocycles. The number of amides is 5. The fourth-order valence-electron chi connectivity index (χ4n) is 7.62. The number of aromatic nitrogens is 4. The molecule has 23 nitrogen and oxygen atoms in total. The van der Waals surface area contributed by atoms with Crippen molar-refractivity contribution in [1.82, 2.24) is 40.8 Å². The van der Waals surface area contributed by atoms with Crippen LogP contribution in [0.15, 0.2) is 73.8 Å². The second kappa shape index (κ2) is 45.1. The summed E-state index contributed by atoms with van der Waals surface area (Å²) in [6.45, 7) is 29.1. The molecule has 0 aliphatic heterocycles. The Hall–Kier alpha value is -6.44. The fourth-order valence-corrected chi connectivity index (χ4v) is 7.62. The molecule has 10 N–H and O–H groups in total. The average molecular weight is 1170 g/mol. The Kier molecular flexibility index (Phi) is 40.5. The summed E-state index contributed by atoms with van der Waals surface area (Å²) in [6, 6.07) is 13.8. The number of carbonyl (C=O) groups excluding carboxylic acids is 6. The second-order valence-corrected chi connectivity index (χ2v) is 21.2. The van der Waals surface area contributed by atoms with E-state index < -0.39 is 29.3 Å². The van der Waals surface area contributed by atoms with Crippen molar-refractivity contribution in [3.05, 3.63) is 85.2 Å². The Morgan fingerprint density at radius 3 is 1.52 bits per heavy atom. The molecular weight excluding hydrogens is 1070 g/mol. The number of ether oxygens (including phenoxy) is 6. The molecule has 4 rings (SSSR count). The van der Waals surface area contributed by atoms with Gasteiger partial charge in [0.05, 0.1) is 89.8 Å². The first-order valence-electron chi connectivity index (χ1n) is 28.5. The van der Waals surface area contributed by atoms with E-state index in [9.17, 15) is 24.0 Å². The van der Waals surface area contributed by atoms with E-state index >= 15 is 0 Å². The molecule has 2 unspecified atom stereocenters. The van der Waals surface area contributed by atoms with E-state index in [-0.39, 0.29) is 37.8 Å². The number of unbranched alkanes of at least 4 members (excludes halogenated alkanes) is 2. The summed E-state index contributed by atoms with van der Waals surface area (Å²) in [6.07, 6.45) is 11.0. The summed E-state index contributed by atoms with van der Waals surface area (Å²) >= 11 is 0. The third kappa shape index (κ3) is 34.1. The zero-order valence-electron chi connectivity index (χ0n) is 50.6. The Morgan fingerprint density at radius 2 is 1.07 bits per heavy atom. The summed E-state index contributed by atoms with van der Waals surface area (Å²) in [4.78, 5) is 68.4. The Morgan fingerprint density at radius 1 is 0.639 bits per heavy atom. The second-order valence-electron chi connectivity index (χ2n) is 21.2. The van der Waals surface area contributed by atoms with Gasteiger partial charge in [-0.1, -0.05) is 90.1 Å². The number of aldehydes is 1. The number of likely N-dealkylation sites (N-methyl/N-ethyl adjacent to an activating group) is 1. The van der Waals surface area contributed by atoms with Gasteiger partial charge in [-0.3, -0.25) is 33.3 Å². The number of hydrogen-bond acceptors (Lipinski definition) is 16. The first-order valence-corrected chi connectivity index (χ1v) is 28.5. The van der Waals surface area contributed by atoms with E-state index in [2.05, 4.69) is 71.1 Å². The maximum atomic E-state index is 13.4. The topological polar surface area (TPSA) is 320 Å². The highest BCUT2D eigenvalue weighted by Gasteiger charge is 2.34. The van der Waals surface area contributed by atoms with Gasteiger partial charge in [0.1, 0.15) is 12.3 Å². The van der Waals surface area contributed by atoms with Crippen LogP contribution in [0, 0.1) is 10.8 Å². The van der Waals surface area contributed by atoms with Gasteiger partial charge in [0, 0.05) is 56.5 Å². The van der Waals surface area contributed by atoms with Gasteiger partial charge in [0.15, 0.2) is 11.4 Å². The van der Waals surface area contributed by atoms with Crippen molar-refractivity contribution in [2.24, 2.45) is 28.0 Å². The van der Waals surface area contributed by atoms with Crippen LogP contribution in [0.1, 0.15) is 114 Å². The van der Waals surface area contributed by atoms with E-state index in [1.807, 2.05) is 97.9 Å². The van der Waals surface area contributed by atoms with Crippen LogP contribution in [0.5, 0.6) is 0 Å². The number of rotatable bonds is 40. The number of benzene rings is 2. The van der Waals surface area contributed by atoms with Crippen molar-refractivity contribution in [3.8, 4) is 0 Å². The van der Waals surface area contributed by atoms with Gasteiger partial charge in [-0.05, 0) is 75.0 Å². The van der Waals surface area contributed by atoms with E-state index in [1.165, 1.54) is 6.42 Å². The van der Waals surface area contributed by atoms with Crippen molar-refractivity contribution in [2.45, 2.75) is 118 Å². The molecule has 0 spiro atoms. The predicted octanol–water partition coefficient (Wildman–Crippen LogP) is 5.02. The maximum Gasteiger partial charge on any atom is 0.273 e. The molecule has 0 bridgehead atoms. The molecule has 4 aromatic rings. The van der Waals surface area contributed by atoms with Crippen LogP contribution in [0.4, 0.5) is 0 Å². The lowest BCUT2D eigenvalue weighted by Gasteiger charge is -2.30. The van der Waals surface area contributed by atoms with Crippen LogP contribution in [0.25, 0.3) is 21.8 Å². The van der Waals surface area contributed by atoms with E-state index in [0.29, 0.717) is 102 Å². The van der Waals surface area contributed by atoms with E-state index in [0.717, 1.165) is 80.2 Å². The minimum absolute atomic E-state index is 0.175. The number of nitrogens with two attached hydrogens (primary N) is 3. The summed E-state index contributed by atoms with van der Waals surface area (Å²) in [5.41, 5.74) is 17.3. The van der Waals surface area contributed by atoms with Crippen LogP contribution in [0.2, 0.25) is 0 Å². The number of aryl methyl sites for hydroxylation is 2. The molecule has 0 aliphatic carbocycles. The average Bonchev–Trinajstić information content (AvgIpc) is 4.07. The van der Waals surface area contributed by atoms with Gasteiger partial charge < -0.3 is 71.7 Å². The van der Waals surface area contributed by atoms with Crippen LogP contribution >= 0.6 is 0 Å². The first-order chi connectivity index (χ1) is 39.8. The minimum Gasteiger partial charge on any atom is -0.379 e. The number of nitrogens with one attached hydrogen (secondary N) is 4. The molecule has 0 radical (unpaired) electrons. The Balaban J connectivity index is 0.000000734. The van der Waals surface area contributed by atoms with E-state index in [1.54, 1.807) is 0 Å². The summed E-state index contributed by atoms with van der Waals surface area (Å²) < 4.78 is 36.3. The number of carbonyl (C=O) groups is 6. The normalized spacial score (nSPS) is 11.9. The van der Waals surface area contributed by atoms with Gasteiger partial charge in [0.25, 0.3) is 11.8 Å². The molecule has 0 fully saturated rings. The number of fused-ring (bicyclic) bond motifs is 2. The molecule has 466 valence electrons. The summed E-state index contributed by atoms with van der Waals surface area (Å²) in [5.74, 6) is -1.36. The third-order valence-electron chi connectivity index (χ3n) is 11.9. The monoisotopic (exact) mass is 1170 g/mol. The maximum absolute atomic E-state index is 13.4. The van der Waals surface area contributed by atoms with Crippen molar-refractivity contribution >= 4 is 58.1 Å². The molecule has 0 saturated heterocycles. The van der Waals surface area contributed by atoms with Gasteiger partial charge in [-0.2, -0.15) is 10.2 Å². The highest BCUT2D eigenvalue weighted by Crippen LogP contribution is 2.24. The summed E-state index contributed by atoms with van der Waals surface area (Å²) in [7, 11) is 1.91. The Bertz CT molecular complexity index is 2450. The minimum atomic E-state index is -0.785. The van der Waals surface area contributed by atoms with Gasteiger partial charge in [-0.15, -0.1) is 13.2 Å². The van der Waals surface area contributed by atoms with Crippen LogP contribution in [0.3, 0.4) is 0 Å². The van der Waals surface area contributed by atoms with E-state index in [4.69, 9.17) is 44.7 Å². The smallest absolute Gasteiger partial charge is 0.273 e. The molecule has 2 atom stereocenters. The summed E-state index contributed by atoms with van der Waals surface area (Å²) in [5, 5.41) is 21.9. The molecule has 83 heavy (non-hydrogen) atoms. The molecular formula is C60H99N11O12. The number of allylic oxidation sites excluding steroid dienone is 2. The van der Waals surface area contributed by atoms with Gasteiger partial charge in [-0.25, -0.2) is 0 Å². The number of primary amides is 2. The lowest BCUT2D eigenvalue weighted by atomic mass is 9.86. The largest absolute Gasteiger partial charge is 0.379 e.